The van der Waals surface area contributed by atoms with Crippen LogP contribution in [-0.4, -0.2) is 21.5 Å². The van der Waals surface area contributed by atoms with Crippen LogP contribution in [0.2, 0.25) is 0 Å². The monoisotopic (exact) mass is 144 g/mol. The number of hydrogen-bond acceptors (Lipinski definition) is 0. The van der Waals surface area contributed by atoms with E-state index in [1.54, 1.807) is 0 Å². The molecule has 30 valence electrons. The molecule has 0 aliphatic heterocycles. The first-order valence-corrected chi connectivity index (χ1v) is 2.07. The van der Waals surface area contributed by atoms with Crippen molar-refractivity contribution in [2.45, 2.75) is 5.01 Å². The first kappa shape index (κ1) is 5.33. The molecule has 0 atom stereocenters. The van der Waals surface area contributed by atoms with E-state index in [0.29, 0.717) is 0 Å². The summed E-state index contributed by atoms with van der Waals surface area (Å²) >= 11 is -0.208. The Labute approximate surface area is 35.6 Å². The number of hydrogen-bond donors (Lipinski definition) is 0. The van der Waals surface area contributed by atoms with Crippen molar-refractivity contribution in [1.82, 2.24) is 0 Å². The van der Waals surface area contributed by atoms with Gasteiger partial charge < -0.3 is 0 Å². The minimum atomic E-state index is -3.94. The van der Waals surface area contributed by atoms with E-state index in [1.165, 1.54) is 0 Å². The average molecular weight is 143 g/mol. The van der Waals surface area contributed by atoms with Gasteiger partial charge in [0.25, 0.3) is 0 Å². The van der Waals surface area contributed by atoms with Crippen LogP contribution in [-0.2, 0) is 0 Å². The molecule has 0 N–H and O–H groups in total. The summed E-state index contributed by atoms with van der Waals surface area (Å²) in [5.41, 5.74) is 0. The van der Waals surface area contributed by atoms with Crippen LogP contribution in [0.3, 0.4) is 0 Å². The quantitative estimate of drug-likeness (QED) is 0.430. The third-order valence-corrected chi connectivity index (χ3v) is 0. The summed E-state index contributed by atoms with van der Waals surface area (Å²) in [5.74, 6) is 0. The summed E-state index contributed by atoms with van der Waals surface area (Å²) in [7, 11) is 0. The van der Waals surface area contributed by atoms with Crippen molar-refractivity contribution in [1.29, 1.82) is 0 Å². The topological polar surface area (TPSA) is 0 Å². The van der Waals surface area contributed by atoms with E-state index in [2.05, 4.69) is 0 Å². The van der Waals surface area contributed by atoms with Gasteiger partial charge in [0.05, 0.1) is 0 Å². The predicted molar refractivity (Wildman–Crippen MR) is 13.2 cm³/mol. The molecular weight excluding hydrogens is 142 g/mol. The molecule has 0 rings (SSSR count). The van der Waals surface area contributed by atoms with E-state index in [4.69, 9.17) is 0 Å². The zero-order chi connectivity index (χ0) is 4.50. The standard InChI is InChI=1S/CHF3Ge/c2-1(3,4)5/h5H. The zero-order valence-electron chi connectivity index (χ0n) is 2.21. The zero-order valence-corrected chi connectivity index (χ0v) is 4.63. The van der Waals surface area contributed by atoms with E-state index >= 15 is 0 Å². The van der Waals surface area contributed by atoms with Gasteiger partial charge in [-0.25, -0.2) is 0 Å². The number of rotatable bonds is 0. The van der Waals surface area contributed by atoms with Crippen LogP contribution in [0.5, 0.6) is 0 Å². The molecule has 0 unspecified atom stereocenters. The Morgan fingerprint density at radius 2 is 1.20 bits per heavy atom. The molecule has 2 radical (unpaired) electrons. The predicted octanol–water partition coefficient (Wildman–Crippen LogP) is 0.407. The van der Waals surface area contributed by atoms with Crippen molar-refractivity contribution in [2.24, 2.45) is 0 Å². The Kier molecular flexibility index (Phi) is 1.28. The first-order valence-electron chi connectivity index (χ1n) is 0.856. The van der Waals surface area contributed by atoms with Gasteiger partial charge in [0.2, 0.25) is 0 Å². The molecule has 0 aromatic heterocycles. The van der Waals surface area contributed by atoms with Crippen molar-refractivity contribution >= 4 is 16.5 Å². The normalized spacial score (nSPS) is 12.0. The average Bonchev–Trinajstić information content (AvgIpc) is 0.722. The van der Waals surface area contributed by atoms with Gasteiger partial charge in [0.15, 0.2) is 0 Å². The van der Waals surface area contributed by atoms with Gasteiger partial charge in [0.1, 0.15) is 0 Å². The maximum atomic E-state index is 10.4. The molecule has 0 aromatic carbocycles. The second-order valence-electron chi connectivity index (χ2n) is 0.542. The van der Waals surface area contributed by atoms with Crippen molar-refractivity contribution in [3.8, 4) is 0 Å². The molecule has 0 nitrogen and oxygen atoms in total. The fourth-order valence-electron chi connectivity index (χ4n) is 0. The molecule has 0 aromatic rings. The van der Waals surface area contributed by atoms with E-state index in [1.807, 2.05) is 0 Å². The van der Waals surface area contributed by atoms with Gasteiger partial charge in [-0.2, -0.15) is 0 Å². The van der Waals surface area contributed by atoms with Gasteiger partial charge in [-0.1, -0.05) is 0 Å². The van der Waals surface area contributed by atoms with Crippen LogP contribution in [0.25, 0.3) is 0 Å². The van der Waals surface area contributed by atoms with Crippen LogP contribution < -0.4 is 0 Å². The van der Waals surface area contributed by atoms with Crippen molar-refractivity contribution in [2.75, 3.05) is 0 Å². The molecule has 0 spiro atoms. The van der Waals surface area contributed by atoms with E-state index < -0.39 is 5.01 Å². The van der Waals surface area contributed by atoms with E-state index in [9.17, 15) is 13.2 Å². The molecule has 0 fully saturated rings. The van der Waals surface area contributed by atoms with Gasteiger partial charge in [-0.15, -0.1) is 0 Å². The minimum absolute atomic E-state index is 0.208. The van der Waals surface area contributed by atoms with Gasteiger partial charge in [-0.3, -0.25) is 0 Å². The summed E-state index contributed by atoms with van der Waals surface area (Å²) in [6.07, 6.45) is 0. The summed E-state index contributed by atoms with van der Waals surface area (Å²) < 4.78 is 31.1. The Bertz CT molecular complexity index is 22.4. The Hall–Kier alpha value is 0.333. The molecular formula is CHF3Ge. The second-order valence-corrected chi connectivity index (χ2v) is 1.92. The third-order valence-electron chi connectivity index (χ3n) is 0. The molecule has 4 heteroatoms. The SMILES string of the molecule is F[C](F)(F)[GeH]. The number of halogens is 3. The summed E-state index contributed by atoms with van der Waals surface area (Å²) in [5, 5.41) is -3.94. The molecule has 0 aliphatic carbocycles. The Morgan fingerprint density at radius 1 is 1.20 bits per heavy atom. The van der Waals surface area contributed by atoms with Gasteiger partial charge >= 0.3 is 34.7 Å². The Morgan fingerprint density at radius 3 is 1.20 bits per heavy atom. The molecule has 0 heterocycles. The van der Waals surface area contributed by atoms with Crippen LogP contribution in [0.15, 0.2) is 0 Å². The van der Waals surface area contributed by atoms with Crippen LogP contribution in [0.4, 0.5) is 13.2 Å². The van der Waals surface area contributed by atoms with E-state index in [-0.39, 0.29) is 16.5 Å². The molecule has 0 saturated heterocycles. The number of alkyl halides is 3. The van der Waals surface area contributed by atoms with Crippen LogP contribution >= 0.6 is 0 Å². The molecule has 0 bridgehead atoms. The maximum absolute atomic E-state index is 10.4. The van der Waals surface area contributed by atoms with Crippen molar-refractivity contribution in [3.63, 3.8) is 0 Å². The van der Waals surface area contributed by atoms with Crippen LogP contribution in [0, 0.1) is 0 Å². The summed E-state index contributed by atoms with van der Waals surface area (Å²) in [6, 6.07) is 0. The van der Waals surface area contributed by atoms with E-state index in [0.717, 1.165) is 0 Å². The Balaban J connectivity index is 3.02. The van der Waals surface area contributed by atoms with Gasteiger partial charge in [0, 0.05) is 0 Å². The first-order chi connectivity index (χ1) is 2.00. The molecule has 0 amide bonds. The van der Waals surface area contributed by atoms with Gasteiger partial charge in [-0.05, 0) is 0 Å². The fourth-order valence-corrected chi connectivity index (χ4v) is 0. The third kappa shape index (κ3) is 213. The summed E-state index contributed by atoms with van der Waals surface area (Å²) in [6.45, 7) is 0. The molecule has 5 heavy (non-hydrogen) atoms. The second kappa shape index (κ2) is 1.20. The fraction of sp³-hybridized carbons (Fsp3) is 1.00. The van der Waals surface area contributed by atoms with Crippen molar-refractivity contribution < 1.29 is 13.2 Å². The summed E-state index contributed by atoms with van der Waals surface area (Å²) in [4.78, 5) is 0. The van der Waals surface area contributed by atoms with Crippen molar-refractivity contribution in [3.05, 3.63) is 0 Å². The molecule has 0 aliphatic rings. The molecule has 0 saturated carbocycles. The van der Waals surface area contributed by atoms with Crippen LogP contribution in [0.1, 0.15) is 0 Å².